The fourth-order valence-electron chi connectivity index (χ4n) is 2.48. The van der Waals surface area contributed by atoms with Crippen LogP contribution in [0.2, 0.25) is 0 Å². The van der Waals surface area contributed by atoms with E-state index in [2.05, 4.69) is 21.3 Å². The van der Waals surface area contributed by atoms with Gasteiger partial charge in [-0.2, -0.15) is 5.26 Å². The first-order chi connectivity index (χ1) is 9.69. The lowest BCUT2D eigenvalue weighted by Crippen LogP contribution is -2.41. The molecule has 106 valence electrons. The van der Waals surface area contributed by atoms with Crippen molar-refractivity contribution in [2.75, 3.05) is 31.1 Å². The zero-order valence-electron chi connectivity index (χ0n) is 11.2. The summed E-state index contributed by atoms with van der Waals surface area (Å²) in [5.74, 6) is 0.406. The van der Waals surface area contributed by atoms with E-state index in [0.29, 0.717) is 18.0 Å². The van der Waals surface area contributed by atoms with Crippen LogP contribution in [-0.4, -0.2) is 42.2 Å². The van der Waals surface area contributed by atoms with E-state index in [0.717, 1.165) is 31.7 Å². The molecule has 1 aliphatic heterocycles. The average molecular weight is 274 g/mol. The molecule has 0 aliphatic carbocycles. The molecule has 1 aromatic heterocycles. The third-order valence-corrected chi connectivity index (χ3v) is 3.43. The van der Waals surface area contributed by atoms with Crippen LogP contribution in [0, 0.1) is 17.2 Å². The van der Waals surface area contributed by atoms with Gasteiger partial charge in [0.2, 0.25) is 0 Å². The lowest BCUT2D eigenvalue weighted by atomic mass is 9.98. The number of nitrogens with one attached hydrogen (secondary N) is 1. The van der Waals surface area contributed by atoms with Crippen LogP contribution < -0.4 is 10.2 Å². The molecular weight excluding hydrogens is 256 g/mol. The molecule has 1 aromatic rings. The van der Waals surface area contributed by atoms with Gasteiger partial charge in [0.05, 0.1) is 18.2 Å². The van der Waals surface area contributed by atoms with Gasteiger partial charge in [-0.1, -0.05) is 0 Å². The molecule has 1 fully saturated rings. The Kier molecular flexibility index (Phi) is 4.91. The summed E-state index contributed by atoms with van der Waals surface area (Å²) in [6.45, 7) is 2.46. The number of carboxylic acids is 1. The maximum Gasteiger partial charge on any atom is 0.317 e. The number of carboxylic acid groups (broad SMARTS) is 1. The standard InChI is InChI=1S/C14H18N4O2/c15-7-11-3-4-17-13(6-11)18-5-1-2-12(10-18)8-16-9-14(19)20/h3-4,6,12,16H,1-2,5,8-10H2,(H,19,20). The van der Waals surface area contributed by atoms with Gasteiger partial charge in [-0.3, -0.25) is 4.79 Å². The van der Waals surface area contributed by atoms with Crippen molar-refractivity contribution in [1.29, 1.82) is 5.26 Å². The molecular formula is C14H18N4O2. The Morgan fingerprint density at radius 1 is 1.65 bits per heavy atom. The number of pyridine rings is 1. The molecule has 1 saturated heterocycles. The summed E-state index contributed by atoms with van der Waals surface area (Å²) >= 11 is 0. The number of anilines is 1. The first-order valence-electron chi connectivity index (χ1n) is 6.72. The largest absolute Gasteiger partial charge is 0.480 e. The highest BCUT2D eigenvalue weighted by Crippen LogP contribution is 2.21. The van der Waals surface area contributed by atoms with Crippen LogP contribution >= 0.6 is 0 Å². The van der Waals surface area contributed by atoms with Gasteiger partial charge >= 0.3 is 5.97 Å². The van der Waals surface area contributed by atoms with E-state index in [1.54, 1.807) is 18.3 Å². The summed E-state index contributed by atoms with van der Waals surface area (Å²) in [4.78, 5) is 17.0. The normalized spacial score (nSPS) is 18.6. The van der Waals surface area contributed by atoms with Gasteiger partial charge in [0.25, 0.3) is 0 Å². The Balaban J connectivity index is 1.92. The monoisotopic (exact) mass is 274 g/mol. The van der Waals surface area contributed by atoms with Gasteiger partial charge in [-0.05, 0) is 30.9 Å². The average Bonchev–Trinajstić information content (AvgIpc) is 2.47. The fourth-order valence-corrected chi connectivity index (χ4v) is 2.48. The van der Waals surface area contributed by atoms with Gasteiger partial charge in [0.1, 0.15) is 5.82 Å². The van der Waals surface area contributed by atoms with Gasteiger partial charge in [0, 0.05) is 25.8 Å². The lowest BCUT2D eigenvalue weighted by molar-refractivity contribution is -0.136. The zero-order valence-corrected chi connectivity index (χ0v) is 11.2. The van der Waals surface area contributed by atoms with Crippen LogP contribution in [0.1, 0.15) is 18.4 Å². The predicted molar refractivity (Wildman–Crippen MR) is 74.4 cm³/mol. The Morgan fingerprint density at radius 2 is 2.50 bits per heavy atom. The third-order valence-electron chi connectivity index (χ3n) is 3.43. The van der Waals surface area contributed by atoms with Crippen molar-refractivity contribution < 1.29 is 9.90 Å². The maximum absolute atomic E-state index is 10.5. The number of hydrogen-bond acceptors (Lipinski definition) is 5. The number of aliphatic carboxylic acids is 1. The second kappa shape index (κ2) is 6.87. The molecule has 6 nitrogen and oxygen atoms in total. The van der Waals surface area contributed by atoms with E-state index in [9.17, 15) is 4.79 Å². The zero-order chi connectivity index (χ0) is 14.4. The van der Waals surface area contributed by atoms with Crippen molar-refractivity contribution in [1.82, 2.24) is 10.3 Å². The van der Waals surface area contributed by atoms with Crippen molar-refractivity contribution in [3.8, 4) is 6.07 Å². The summed E-state index contributed by atoms with van der Waals surface area (Å²) in [7, 11) is 0. The summed E-state index contributed by atoms with van der Waals surface area (Å²) < 4.78 is 0. The van der Waals surface area contributed by atoms with Crippen LogP contribution in [0.4, 0.5) is 5.82 Å². The molecule has 20 heavy (non-hydrogen) atoms. The molecule has 2 N–H and O–H groups in total. The van der Waals surface area contributed by atoms with Gasteiger partial charge in [-0.15, -0.1) is 0 Å². The Hall–Kier alpha value is -2.13. The van der Waals surface area contributed by atoms with Crippen LogP contribution in [0.25, 0.3) is 0 Å². The number of aromatic nitrogens is 1. The van der Waals surface area contributed by atoms with E-state index >= 15 is 0 Å². The summed E-state index contributed by atoms with van der Waals surface area (Å²) in [6, 6.07) is 5.61. The van der Waals surface area contributed by atoms with Crippen LogP contribution in [0.3, 0.4) is 0 Å². The first kappa shape index (κ1) is 14.3. The Bertz CT molecular complexity index is 512. The molecule has 1 atom stereocenters. The summed E-state index contributed by atoms with van der Waals surface area (Å²) in [5.41, 5.74) is 0.612. The topological polar surface area (TPSA) is 89.3 Å². The number of nitriles is 1. The minimum atomic E-state index is -0.832. The van der Waals surface area contributed by atoms with Gasteiger partial charge < -0.3 is 15.3 Å². The Morgan fingerprint density at radius 3 is 3.25 bits per heavy atom. The van der Waals surface area contributed by atoms with Crippen LogP contribution in [0.15, 0.2) is 18.3 Å². The lowest BCUT2D eigenvalue weighted by Gasteiger charge is -2.33. The SMILES string of the molecule is N#Cc1ccnc(N2CCCC(CNCC(=O)O)C2)c1. The molecule has 0 radical (unpaired) electrons. The van der Waals surface area contributed by atoms with E-state index in [4.69, 9.17) is 10.4 Å². The number of nitrogens with zero attached hydrogens (tertiary/aromatic N) is 3. The predicted octanol–water partition coefficient (Wildman–Crippen LogP) is 0.844. The van der Waals surface area contributed by atoms with Crippen LogP contribution in [0.5, 0.6) is 0 Å². The molecule has 2 rings (SSSR count). The third kappa shape index (κ3) is 3.93. The minimum absolute atomic E-state index is 0.00132. The highest BCUT2D eigenvalue weighted by atomic mass is 16.4. The highest BCUT2D eigenvalue weighted by molar-refractivity contribution is 5.68. The molecule has 0 spiro atoms. The van der Waals surface area contributed by atoms with Crippen molar-refractivity contribution in [2.24, 2.45) is 5.92 Å². The maximum atomic E-state index is 10.5. The van der Waals surface area contributed by atoms with Crippen molar-refractivity contribution >= 4 is 11.8 Å². The smallest absolute Gasteiger partial charge is 0.317 e. The van der Waals surface area contributed by atoms with E-state index in [-0.39, 0.29) is 6.54 Å². The van der Waals surface area contributed by atoms with Crippen molar-refractivity contribution in [3.05, 3.63) is 23.9 Å². The van der Waals surface area contributed by atoms with Gasteiger partial charge in [-0.25, -0.2) is 4.98 Å². The van der Waals surface area contributed by atoms with Crippen molar-refractivity contribution in [3.63, 3.8) is 0 Å². The molecule has 1 unspecified atom stereocenters. The molecule has 2 heterocycles. The fraction of sp³-hybridized carbons (Fsp3) is 0.500. The quantitative estimate of drug-likeness (QED) is 0.827. The van der Waals surface area contributed by atoms with Gasteiger partial charge in [0.15, 0.2) is 0 Å². The van der Waals surface area contributed by atoms with E-state index < -0.39 is 5.97 Å². The van der Waals surface area contributed by atoms with E-state index in [1.807, 2.05) is 0 Å². The number of piperidine rings is 1. The molecule has 0 bridgehead atoms. The molecule has 0 saturated carbocycles. The summed E-state index contributed by atoms with van der Waals surface area (Å²) in [6.07, 6.45) is 3.79. The second-order valence-electron chi connectivity index (χ2n) is 4.99. The molecule has 6 heteroatoms. The summed E-state index contributed by atoms with van der Waals surface area (Å²) in [5, 5.41) is 20.5. The van der Waals surface area contributed by atoms with E-state index in [1.165, 1.54) is 0 Å². The second-order valence-corrected chi connectivity index (χ2v) is 4.99. The minimum Gasteiger partial charge on any atom is -0.480 e. The van der Waals surface area contributed by atoms with Crippen LogP contribution in [-0.2, 0) is 4.79 Å². The molecule has 0 aromatic carbocycles. The highest BCUT2D eigenvalue weighted by Gasteiger charge is 2.21. The van der Waals surface area contributed by atoms with Crippen molar-refractivity contribution in [2.45, 2.75) is 12.8 Å². The first-order valence-corrected chi connectivity index (χ1v) is 6.72. The number of hydrogen-bond donors (Lipinski definition) is 2. The molecule has 1 aliphatic rings. The molecule has 0 amide bonds. The number of rotatable bonds is 5. The number of carbonyl (C=O) groups is 1. The Labute approximate surface area is 118 Å².